The second-order valence-corrected chi connectivity index (χ2v) is 6.84. The average Bonchev–Trinajstić information content (AvgIpc) is 3.34. The molecule has 0 fully saturated rings. The van der Waals surface area contributed by atoms with Gasteiger partial charge in [-0.15, -0.1) is 5.10 Å². The Hall–Kier alpha value is -3.79. The summed E-state index contributed by atoms with van der Waals surface area (Å²) in [4.78, 5) is 24.6. The second-order valence-electron chi connectivity index (χ2n) is 6.41. The maximum Gasteiger partial charge on any atom is 0.275 e. The van der Waals surface area contributed by atoms with E-state index in [-0.39, 0.29) is 37.3 Å². The summed E-state index contributed by atoms with van der Waals surface area (Å²) in [5, 5.41) is 13.5. The van der Waals surface area contributed by atoms with Crippen molar-refractivity contribution in [3.05, 3.63) is 58.7 Å². The Balaban J connectivity index is 1.35. The molecule has 154 valence electrons. The highest BCUT2D eigenvalue weighted by molar-refractivity contribution is 6.30. The number of amides is 2. The van der Waals surface area contributed by atoms with Crippen molar-refractivity contribution in [2.45, 2.75) is 13.1 Å². The number of hydrogen-bond acceptors (Lipinski definition) is 7. The van der Waals surface area contributed by atoms with Crippen LogP contribution in [0.1, 0.15) is 16.1 Å². The van der Waals surface area contributed by atoms with Gasteiger partial charge in [-0.3, -0.25) is 9.59 Å². The van der Waals surface area contributed by atoms with Crippen molar-refractivity contribution in [1.29, 1.82) is 0 Å². The van der Waals surface area contributed by atoms with Crippen LogP contribution < -0.4 is 25.8 Å². The van der Waals surface area contributed by atoms with Gasteiger partial charge in [0.25, 0.3) is 5.91 Å². The fourth-order valence-electron chi connectivity index (χ4n) is 2.79. The number of rotatable bonds is 6. The summed E-state index contributed by atoms with van der Waals surface area (Å²) in [5.41, 5.74) is 7.29. The zero-order valence-corrected chi connectivity index (χ0v) is 16.3. The van der Waals surface area contributed by atoms with Gasteiger partial charge < -0.3 is 25.8 Å². The van der Waals surface area contributed by atoms with Crippen LogP contribution in [0.3, 0.4) is 0 Å². The van der Waals surface area contributed by atoms with Crippen molar-refractivity contribution in [2.75, 3.05) is 17.8 Å². The Morgan fingerprint density at radius 3 is 2.70 bits per heavy atom. The molecule has 1 aliphatic rings. The van der Waals surface area contributed by atoms with Crippen LogP contribution in [0.5, 0.6) is 11.5 Å². The van der Waals surface area contributed by atoms with Crippen LogP contribution in [-0.2, 0) is 17.9 Å². The van der Waals surface area contributed by atoms with Crippen molar-refractivity contribution >= 4 is 34.9 Å². The third kappa shape index (κ3) is 4.28. The van der Waals surface area contributed by atoms with E-state index in [1.54, 1.807) is 36.4 Å². The minimum Gasteiger partial charge on any atom is -0.454 e. The lowest BCUT2D eigenvalue weighted by molar-refractivity contribution is -0.116. The summed E-state index contributed by atoms with van der Waals surface area (Å²) in [5.74, 6) is 0.397. The van der Waals surface area contributed by atoms with Crippen LogP contribution in [0.2, 0.25) is 5.02 Å². The fourth-order valence-corrected chi connectivity index (χ4v) is 2.91. The van der Waals surface area contributed by atoms with Crippen molar-refractivity contribution in [3.63, 3.8) is 0 Å². The first-order valence-electron chi connectivity index (χ1n) is 8.91. The third-order valence-corrected chi connectivity index (χ3v) is 4.55. The number of nitrogens with two attached hydrogens (primary N) is 1. The highest BCUT2D eigenvalue weighted by Gasteiger charge is 2.19. The number of halogens is 1. The Kier molecular flexibility index (Phi) is 5.40. The van der Waals surface area contributed by atoms with E-state index in [0.29, 0.717) is 22.2 Å². The molecular formula is C19H17ClN6O4. The van der Waals surface area contributed by atoms with E-state index in [9.17, 15) is 9.59 Å². The van der Waals surface area contributed by atoms with Crippen molar-refractivity contribution in [3.8, 4) is 11.5 Å². The summed E-state index contributed by atoms with van der Waals surface area (Å²) < 4.78 is 11.7. The van der Waals surface area contributed by atoms with Gasteiger partial charge in [-0.05, 0) is 42.0 Å². The summed E-state index contributed by atoms with van der Waals surface area (Å²) in [6.07, 6.45) is 0. The zero-order chi connectivity index (χ0) is 21.1. The van der Waals surface area contributed by atoms with E-state index >= 15 is 0 Å². The molecule has 0 saturated heterocycles. The first-order chi connectivity index (χ1) is 14.5. The first-order valence-corrected chi connectivity index (χ1v) is 9.28. The van der Waals surface area contributed by atoms with Crippen molar-refractivity contribution in [2.24, 2.45) is 0 Å². The summed E-state index contributed by atoms with van der Waals surface area (Å²) in [6, 6.07) is 12.0. The number of ether oxygens (including phenoxy) is 2. The number of carbonyl (C=O) groups is 2. The monoisotopic (exact) mass is 428 g/mol. The van der Waals surface area contributed by atoms with Crippen LogP contribution in [0.4, 0.5) is 11.5 Å². The standard InChI is InChI=1S/C19H17ClN6O4/c20-12-2-4-13(5-3-12)23-16(27)9-26-18(21)17(24-25-26)19(28)22-8-11-1-6-14-15(7-11)30-10-29-14/h1-7H,8-10,21H2,(H,22,28)(H,23,27). The molecule has 30 heavy (non-hydrogen) atoms. The van der Waals surface area contributed by atoms with Crippen LogP contribution in [0.25, 0.3) is 0 Å². The molecule has 3 aromatic rings. The Bertz CT molecular complexity index is 1100. The minimum atomic E-state index is -0.505. The highest BCUT2D eigenvalue weighted by atomic mass is 35.5. The normalized spacial score (nSPS) is 11.9. The number of nitrogens with one attached hydrogen (secondary N) is 2. The lowest BCUT2D eigenvalue weighted by atomic mass is 10.2. The van der Waals surface area contributed by atoms with Crippen LogP contribution >= 0.6 is 11.6 Å². The Morgan fingerprint density at radius 1 is 1.13 bits per heavy atom. The lowest BCUT2D eigenvalue weighted by Gasteiger charge is -2.07. The molecule has 0 aliphatic carbocycles. The third-order valence-electron chi connectivity index (χ3n) is 4.30. The molecule has 0 radical (unpaired) electrons. The highest BCUT2D eigenvalue weighted by Crippen LogP contribution is 2.32. The van der Waals surface area contributed by atoms with Crippen molar-refractivity contribution < 1.29 is 19.1 Å². The lowest BCUT2D eigenvalue weighted by Crippen LogP contribution is -2.25. The molecule has 0 atom stereocenters. The minimum absolute atomic E-state index is 0.00978. The maximum absolute atomic E-state index is 12.4. The maximum atomic E-state index is 12.4. The summed E-state index contributed by atoms with van der Waals surface area (Å²) >= 11 is 5.82. The topological polar surface area (TPSA) is 133 Å². The Labute approximate surface area is 175 Å². The molecule has 2 amide bonds. The van der Waals surface area contributed by atoms with E-state index < -0.39 is 5.91 Å². The number of carbonyl (C=O) groups excluding carboxylic acids is 2. The smallest absolute Gasteiger partial charge is 0.275 e. The molecule has 0 spiro atoms. The molecule has 1 aliphatic heterocycles. The molecule has 4 rings (SSSR count). The molecule has 10 nitrogen and oxygen atoms in total. The van der Waals surface area contributed by atoms with E-state index in [2.05, 4.69) is 20.9 Å². The number of hydrogen-bond donors (Lipinski definition) is 3. The molecule has 2 aromatic carbocycles. The average molecular weight is 429 g/mol. The molecule has 1 aromatic heterocycles. The summed E-state index contributed by atoms with van der Waals surface area (Å²) in [7, 11) is 0. The second kappa shape index (κ2) is 8.29. The molecule has 0 saturated carbocycles. The molecule has 11 heteroatoms. The molecule has 2 heterocycles. The number of aromatic nitrogens is 3. The zero-order valence-electron chi connectivity index (χ0n) is 15.6. The van der Waals surface area contributed by atoms with Gasteiger partial charge in [0.15, 0.2) is 23.0 Å². The first kappa shape index (κ1) is 19.5. The van der Waals surface area contributed by atoms with Crippen LogP contribution in [0.15, 0.2) is 42.5 Å². The van der Waals surface area contributed by atoms with E-state index in [1.807, 2.05) is 6.07 Å². The Morgan fingerprint density at radius 2 is 1.90 bits per heavy atom. The van der Waals surface area contributed by atoms with E-state index in [1.165, 1.54) is 0 Å². The molecule has 4 N–H and O–H groups in total. The van der Waals surface area contributed by atoms with Gasteiger partial charge in [0.1, 0.15) is 6.54 Å². The van der Waals surface area contributed by atoms with Gasteiger partial charge in [-0.25, -0.2) is 4.68 Å². The largest absolute Gasteiger partial charge is 0.454 e. The quantitative estimate of drug-likeness (QED) is 0.545. The molecule has 0 unspecified atom stereocenters. The number of benzene rings is 2. The van der Waals surface area contributed by atoms with Gasteiger partial charge in [0.05, 0.1) is 0 Å². The summed E-state index contributed by atoms with van der Waals surface area (Å²) in [6.45, 7) is 0.214. The van der Waals surface area contributed by atoms with Gasteiger partial charge in [0, 0.05) is 17.3 Å². The van der Waals surface area contributed by atoms with E-state index in [4.69, 9.17) is 26.8 Å². The molecule has 0 bridgehead atoms. The number of nitrogens with zero attached hydrogens (tertiary/aromatic N) is 3. The van der Waals surface area contributed by atoms with Gasteiger partial charge in [-0.2, -0.15) is 0 Å². The molecular weight excluding hydrogens is 412 g/mol. The number of fused-ring (bicyclic) bond motifs is 1. The van der Waals surface area contributed by atoms with E-state index in [0.717, 1.165) is 10.2 Å². The number of nitrogen functional groups attached to an aromatic ring is 1. The van der Waals surface area contributed by atoms with Gasteiger partial charge in [0.2, 0.25) is 12.7 Å². The van der Waals surface area contributed by atoms with Gasteiger partial charge >= 0.3 is 0 Å². The SMILES string of the molecule is Nc1c(C(=O)NCc2ccc3c(c2)OCO3)nnn1CC(=O)Nc1ccc(Cl)cc1. The number of anilines is 2. The van der Waals surface area contributed by atoms with Gasteiger partial charge in [-0.1, -0.05) is 22.9 Å². The predicted octanol–water partition coefficient (Wildman–Crippen LogP) is 1.81. The van der Waals surface area contributed by atoms with Crippen LogP contribution in [-0.4, -0.2) is 33.6 Å². The van der Waals surface area contributed by atoms with Crippen LogP contribution in [0, 0.1) is 0 Å². The predicted molar refractivity (Wildman–Crippen MR) is 108 cm³/mol. The van der Waals surface area contributed by atoms with Crippen molar-refractivity contribution in [1.82, 2.24) is 20.3 Å². The fraction of sp³-hybridized carbons (Fsp3) is 0.158.